The zero-order valence-electron chi connectivity index (χ0n) is 11.0. The maximum atomic E-state index is 11.9. The summed E-state index contributed by atoms with van der Waals surface area (Å²) in [6.07, 6.45) is 0.859. The van der Waals surface area contributed by atoms with Gasteiger partial charge in [-0.15, -0.1) is 0 Å². The molecule has 2 fully saturated rings. The van der Waals surface area contributed by atoms with Crippen molar-refractivity contribution in [2.45, 2.75) is 37.5 Å². The molecule has 8 nitrogen and oxygen atoms in total. The molecule has 0 radical (unpaired) electrons. The maximum Gasteiger partial charge on any atom is 0.326 e. The summed E-state index contributed by atoms with van der Waals surface area (Å²) >= 11 is 0. The number of carboxylic acid groups (broad SMARTS) is 1. The van der Waals surface area contributed by atoms with Crippen molar-refractivity contribution in [3.8, 4) is 0 Å². The molecule has 2 aliphatic rings. The highest BCUT2D eigenvalue weighted by atomic mass is 16.4. The van der Waals surface area contributed by atoms with Crippen molar-refractivity contribution in [3.63, 3.8) is 0 Å². The fraction of sp³-hybridized carbons (Fsp3) is 0.750. The van der Waals surface area contributed by atoms with E-state index < -0.39 is 24.0 Å². The average Bonchev–Trinajstić information content (AvgIpc) is 3.04. The molecule has 0 spiro atoms. The number of nitrogens with zero attached hydrogens (tertiary/aromatic N) is 1. The summed E-state index contributed by atoms with van der Waals surface area (Å²) < 4.78 is 0. The van der Waals surface area contributed by atoms with Crippen LogP contribution in [-0.2, 0) is 14.4 Å². The molecule has 20 heavy (non-hydrogen) atoms. The molecule has 0 bridgehead atoms. The van der Waals surface area contributed by atoms with Crippen LogP contribution < -0.4 is 10.6 Å². The van der Waals surface area contributed by atoms with Gasteiger partial charge in [0.25, 0.3) is 0 Å². The Morgan fingerprint density at radius 1 is 1.35 bits per heavy atom. The van der Waals surface area contributed by atoms with E-state index >= 15 is 0 Å². The summed E-state index contributed by atoms with van der Waals surface area (Å²) in [5.41, 5.74) is 0. The third-order valence-electron chi connectivity index (χ3n) is 3.68. The fourth-order valence-corrected chi connectivity index (χ4v) is 2.62. The first-order valence-corrected chi connectivity index (χ1v) is 6.70. The minimum absolute atomic E-state index is 0.00660. The number of aliphatic hydroxyl groups is 1. The minimum Gasteiger partial charge on any atom is -0.480 e. The minimum atomic E-state index is -1.14. The molecule has 0 aromatic heterocycles. The number of aliphatic hydroxyl groups excluding tert-OH is 1. The van der Waals surface area contributed by atoms with Crippen molar-refractivity contribution < 1.29 is 24.6 Å². The van der Waals surface area contributed by atoms with Crippen LogP contribution in [0.4, 0.5) is 0 Å². The van der Waals surface area contributed by atoms with Gasteiger partial charge in [-0.1, -0.05) is 0 Å². The third kappa shape index (κ3) is 3.26. The van der Waals surface area contributed by atoms with Crippen LogP contribution in [0.5, 0.6) is 0 Å². The summed E-state index contributed by atoms with van der Waals surface area (Å²) in [6.45, 7) is 0.534. The van der Waals surface area contributed by atoms with Gasteiger partial charge in [0.2, 0.25) is 11.8 Å². The molecule has 2 heterocycles. The van der Waals surface area contributed by atoms with E-state index in [4.69, 9.17) is 5.11 Å². The first-order chi connectivity index (χ1) is 9.49. The van der Waals surface area contributed by atoms with Crippen molar-refractivity contribution in [1.29, 1.82) is 0 Å². The summed E-state index contributed by atoms with van der Waals surface area (Å²) in [5.74, 6) is -1.87. The van der Waals surface area contributed by atoms with Crippen molar-refractivity contribution >= 4 is 17.8 Å². The number of amides is 2. The lowest BCUT2D eigenvalue weighted by molar-refractivity contribution is -0.148. The van der Waals surface area contributed by atoms with Gasteiger partial charge in [-0.3, -0.25) is 9.59 Å². The molecule has 0 aliphatic carbocycles. The number of carbonyl (C=O) groups is 3. The highest BCUT2D eigenvalue weighted by Gasteiger charge is 2.38. The van der Waals surface area contributed by atoms with Gasteiger partial charge in [-0.2, -0.15) is 0 Å². The molecule has 2 amide bonds. The van der Waals surface area contributed by atoms with E-state index in [1.165, 1.54) is 0 Å². The monoisotopic (exact) mass is 285 g/mol. The number of carboxylic acids is 1. The quantitative estimate of drug-likeness (QED) is 0.470. The number of aliphatic carboxylic acids is 1. The second kappa shape index (κ2) is 6.19. The van der Waals surface area contributed by atoms with Gasteiger partial charge in [0.05, 0.1) is 18.7 Å². The second-order valence-corrected chi connectivity index (χ2v) is 5.16. The smallest absolute Gasteiger partial charge is 0.326 e. The van der Waals surface area contributed by atoms with Gasteiger partial charge in [0.1, 0.15) is 6.04 Å². The first-order valence-electron chi connectivity index (χ1n) is 6.70. The SMILES string of the molecule is O=C(NCC(=O)N1C[C@H](O)C[C@H]1C(=O)O)[C@@H]1CCCN1. The lowest BCUT2D eigenvalue weighted by atomic mass is 10.2. The third-order valence-corrected chi connectivity index (χ3v) is 3.68. The normalized spacial score (nSPS) is 29.4. The molecule has 2 rings (SSSR count). The van der Waals surface area contributed by atoms with Gasteiger partial charge >= 0.3 is 5.97 Å². The van der Waals surface area contributed by atoms with Crippen LogP contribution >= 0.6 is 0 Å². The predicted octanol–water partition coefficient (Wildman–Crippen LogP) is -2.10. The van der Waals surface area contributed by atoms with Gasteiger partial charge < -0.3 is 25.7 Å². The lowest BCUT2D eigenvalue weighted by Crippen LogP contribution is -2.48. The Hall–Kier alpha value is -1.67. The molecule has 112 valence electrons. The fourth-order valence-electron chi connectivity index (χ4n) is 2.62. The van der Waals surface area contributed by atoms with Crippen LogP contribution in [0.2, 0.25) is 0 Å². The van der Waals surface area contributed by atoms with E-state index in [-0.39, 0.29) is 31.5 Å². The highest BCUT2D eigenvalue weighted by molar-refractivity contribution is 5.90. The number of rotatable bonds is 4. The Morgan fingerprint density at radius 3 is 2.70 bits per heavy atom. The summed E-state index contributed by atoms with van der Waals surface area (Å²) in [7, 11) is 0. The molecule has 8 heteroatoms. The molecule has 0 unspecified atom stereocenters. The van der Waals surface area contributed by atoms with Crippen LogP contribution in [0.25, 0.3) is 0 Å². The van der Waals surface area contributed by atoms with Crippen molar-refractivity contribution in [2.24, 2.45) is 0 Å². The Balaban J connectivity index is 1.84. The molecule has 0 saturated carbocycles. The second-order valence-electron chi connectivity index (χ2n) is 5.16. The Bertz CT molecular complexity index is 408. The van der Waals surface area contributed by atoms with Crippen molar-refractivity contribution in [1.82, 2.24) is 15.5 Å². The van der Waals surface area contributed by atoms with Crippen molar-refractivity contribution in [3.05, 3.63) is 0 Å². The van der Waals surface area contributed by atoms with E-state index in [1.54, 1.807) is 0 Å². The molecular formula is C12H19N3O5. The maximum absolute atomic E-state index is 11.9. The summed E-state index contributed by atoms with van der Waals surface area (Å²) in [5, 5.41) is 24.0. The number of likely N-dealkylation sites (tertiary alicyclic amines) is 1. The molecular weight excluding hydrogens is 266 g/mol. The number of carbonyl (C=O) groups excluding carboxylic acids is 2. The molecule has 3 atom stereocenters. The Labute approximate surface area is 116 Å². The van der Waals surface area contributed by atoms with Crippen LogP contribution in [0.3, 0.4) is 0 Å². The number of β-amino-alcohol motifs (C(OH)–C–C–N with tert-alkyl or cyclic N) is 1. The number of nitrogens with one attached hydrogen (secondary N) is 2. The van der Waals surface area contributed by atoms with Gasteiger partial charge in [0.15, 0.2) is 0 Å². The summed E-state index contributed by atoms with van der Waals surface area (Å²) in [6, 6.07) is -1.29. The van der Waals surface area contributed by atoms with Crippen LogP contribution in [0.1, 0.15) is 19.3 Å². The van der Waals surface area contributed by atoms with Gasteiger partial charge in [0, 0.05) is 13.0 Å². The van der Waals surface area contributed by atoms with Gasteiger partial charge in [-0.25, -0.2) is 4.79 Å². The van der Waals surface area contributed by atoms with Crippen LogP contribution in [0, 0.1) is 0 Å². The molecule has 4 N–H and O–H groups in total. The van der Waals surface area contributed by atoms with Crippen LogP contribution in [-0.4, -0.2) is 70.7 Å². The zero-order valence-corrected chi connectivity index (χ0v) is 11.0. The Morgan fingerprint density at radius 2 is 2.10 bits per heavy atom. The molecule has 0 aromatic rings. The Kier molecular flexibility index (Phi) is 4.56. The molecule has 0 aromatic carbocycles. The first kappa shape index (κ1) is 14.7. The van der Waals surface area contributed by atoms with Crippen LogP contribution in [0.15, 0.2) is 0 Å². The van der Waals surface area contributed by atoms with Crippen molar-refractivity contribution in [2.75, 3.05) is 19.6 Å². The number of hydrogen-bond acceptors (Lipinski definition) is 5. The average molecular weight is 285 g/mol. The van der Waals surface area contributed by atoms with E-state index in [0.29, 0.717) is 0 Å². The largest absolute Gasteiger partial charge is 0.480 e. The zero-order chi connectivity index (χ0) is 14.7. The predicted molar refractivity (Wildman–Crippen MR) is 67.8 cm³/mol. The van der Waals surface area contributed by atoms with Gasteiger partial charge in [-0.05, 0) is 19.4 Å². The summed E-state index contributed by atoms with van der Waals surface area (Å²) in [4.78, 5) is 35.8. The van der Waals surface area contributed by atoms with E-state index in [0.717, 1.165) is 24.3 Å². The molecule has 2 saturated heterocycles. The van der Waals surface area contributed by atoms with E-state index in [9.17, 15) is 19.5 Å². The highest BCUT2D eigenvalue weighted by Crippen LogP contribution is 2.18. The number of hydrogen-bond donors (Lipinski definition) is 4. The van der Waals surface area contributed by atoms with E-state index in [1.807, 2.05) is 0 Å². The van der Waals surface area contributed by atoms with E-state index in [2.05, 4.69) is 10.6 Å². The topological polar surface area (TPSA) is 119 Å². The standard InChI is InChI=1S/C12H19N3O5/c16-7-4-9(12(19)20)15(6-7)10(17)5-14-11(18)8-2-1-3-13-8/h7-9,13,16H,1-6H2,(H,14,18)(H,19,20)/t7-,8+,9+/m1/s1. The lowest BCUT2D eigenvalue weighted by Gasteiger charge is -2.21. The molecule has 2 aliphatic heterocycles.